The van der Waals surface area contributed by atoms with Gasteiger partial charge in [-0.3, -0.25) is 4.90 Å². The summed E-state index contributed by atoms with van der Waals surface area (Å²) in [6, 6.07) is 8.41. The van der Waals surface area contributed by atoms with Crippen LogP contribution in [0.3, 0.4) is 0 Å². The van der Waals surface area contributed by atoms with Crippen LogP contribution in [0.5, 0.6) is 0 Å². The number of hydrogen-bond donors (Lipinski definition) is 1. The van der Waals surface area contributed by atoms with Crippen molar-refractivity contribution in [2.24, 2.45) is 0 Å². The smallest absolute Gasteiger partial charge is 0.139 e. The molecule has 0 bridgehead atoms. The number of anilines is 2. The number of hydrogen-bond acceptors (Lipinski definition) is 4. The summed E-state index contributed by atoms with van der Waals surface area (Å²) in [5.74, 6) is 0. The quantitative estimate of drug-likeness (QED) is 0.852. The maximum absolute atomic E-state index is 5.35. The Morgan fingerprint density at radius 2 is 1.94 bits per heavy atom. The Hall–Kier alpha value is -1.26. The molecule has 0 aliphatic carbocycles. The van der Waals surface area contributed by atoms with Crippen molar-refractivity contribution in [1.82, 2.24) is 4.90 Å². The summed E-state index contributed by atoms with van der Waals surface area (Å²) in [6.45, 7) is 8.05. The largest absolute Gasteiger partial charge is 0.379 e. The molecule has 2 aliphatic heterocycles. The highest BCUT2D eigenvalue weighted by Crippen LogP contribution is 2.31. The van der Waals surface area contributed by atoms with E-state index in [0.29, 0.717) is 0 Å². The van der Waals surface area contributed by atoms with Gasteiger partial charge in [-0.05, 0) is 12.1 Å². The van der Waals surface area contributed by atoms with E-state index in [-0.39, 0.29) is 0 Å². The third-order valence-electron chi connectivity index (χ3n) is 3.35. The van der Waals surface area contributed by atoms with Gasteiger partial charge in [-0.25, -0.2) is 0 Å². The van der Waals surface area contributed by atoms with Gasteiger partial charge in [0, 0.05) is 26.2 Å². The van der Waals surface area contributed by atoms with Gasteiger partial charge in [0.25, 0.3) is 0 Å². The lowest BCUT2D eigenvalue weighted by molar-refractivity contribution is 0.0393. The first-order valence-electron chi connectivity index (χ1n) is 6.19. The van der Waals surface area contributed by atoms with Gasteiger partial charge >= 0.3 is 0 Å². The van der Waals surface area contributed by atoms with Gasteiger partial charge in [0.1, 0.15) is 6.67 Å². The summed E-state index contributed by atoms with van der Waals surface area (Å²) in [7, 11) is 0. The SMILES string of the molecule is [CH]1Nc2ccccc2N1CCN1CCOCC1. The van der Waals surface area contributed by atoms with E-state index < -0.39 is 0 Å². The normalized spacial score (nSPS) is 20.1. The Bertz CT molecular complexity index is 377. The van der Waals surface area contributed by atoms with Crippen molar-refractivity contribution < 1.29 is 4.74 Å². The van der Waals surface area contributed by atoms with Crippen LogP contribution in [-0.4, -0.2) is 44.3 Å². The number of benzene rings is 1. The van der Waals surface area contributed by atoms with Crippen LogP contribution in [0.4, 0.5) is 11.4 Å². The van der Waals surface area contributed by atoms with Crippen LogP contribution in [0.15, 0.2) is 24.3 Å². The topological polar surface area (TPSA) is 27.7 Å². The number of fused-ring (bicyclic) bond motifs is 1. The van der Waals surface area contributed by atoms with Crippen molar-refractivity contribution in [3.05, 3.63) is 30.9 Å². The molecule has 0 unspecified atom stereocenters. The molecule has 1 fully saturated rings. The van der Waals surface area contributed by atoms with Crippen LogP contribution in [0, 0.1) is 6.67 Å². The minimum atomic E-state index is 0.874. The first-order valence-corrected chi connectivity index (χ1v) is 6.19. The predicted molar refractivity (Wildman–Crippen MR) is 69.0 cm³/mol. The third kappa shape index (κ3) is 2.37. The highest BCUT2D eigenvalue weighted by molar-refractivity contribution is 5.76. The first-order chi connectivity index (χ1) is 8.43. The highest BCUT2D eigenvalue weighted by Gasteiger charge is 2.19. The van der Waals surface area contributed by atoms with Crippen molar-refractivity contribution >= 4 is 11.4 Å². The zero-order valence-corrected chi connectivity index (χ0v) is 9.93. The van der Waals surface area contributed by atoms with Gasteiger partial charge in [-0.2, -0.15) is 0 Å². The molecule has 0 aromatic heterocycles. The van der Waals surface area contributed by atoms with Crippen molar-refractivity contribution in [3.8, 4) is 0 Å². The maximum Gasteiger partial charge on any atom is 0.139 e. The van der Waals surface area contributed by atoms with Crippen LogP contribution in [0.25, 0.3) is 0 Å². The number of para-hydroxylation sites is 2. The summed E-state index contributed by atoms with van der Waals surface area (Å²) in [5, 5.41) is 3.30. The number of rotatable bonds is 3. The second-order valence-corrected chi connectivity index (χ2v) is 4.44. The Kier molecular flexibility index (Phi) is 3.16. The molecule has 3 rings (SSSR count). The average Bonchev–Trinajstić information content (AvgIpc) is 2.81. The van der Waals surface area contributed by atoms with E-state index >= 15 is 0 Å². The predicted octanol–water partition coefficient (Wildman–Crippen LogP) is 1.37. The second-order valence-electron chi connectivity index (χ2n) is 4.44. The van der Waals surface area contributed by atoms with Crippen LogP contribution in [0.1, 0.15) is 0 Å². The maximum atomic E-state index is 5.35. The monoisotopic (exact) mass is 232 g/mol. The molecule has 0 amide bonds. The van der Waals surface area contributed by atoms with Gasteiger partial charge < -0.3 is 15.0 Å². The molecule has 17 heavy (non-hydrogen) atoms. The van der Waals surface area contributed by atoms with Crippen molar-refractivity contribution in [2.45, 2.75) is 0 Å². The van der Waals surface area contributed by atoms with E-state index in [2.05, 4.69) is 46.1 Å². The number of morpholine rings is 1. The molecule has 1 N–H and O–H groups in total. The van der Waals surface area contributed by atoms with Crippen molar-refractivity contribution in [1.29, 1.82) is 0 Å². The first kappa shape index (κ1) is 10.9. The van der Waals surface area contributed by atoms with Gasteiger partial charge in [-0.15, -0.1) is 0 Å². The summed E-state index contributed by atoms with van der Waals surface area (Å²) >= 11 is 0. The molecule has 1 saturated heterocycles. The van der Waals surface area contributed by atoms with E-state index in [0.717, 1.165) is 39.4 Å². The Balaban J connectivity index is 1.56. The Labute approximate surface area is 102 Å². The fourth-order valence-electron chi connectivity index (χ4n) is 2.32. The summed E-state index contributed by atoms with van der Waals surface area (Å²) in [4.78, 5) is 4.74. The highest BCUT2D eigenvalue weighted by atomic mass is 16.5. The van der Waals surface area contributed by atoms with Crippen LogP contribution in [0.2, 0.25) is 0 Å². The lowest BCUT2D eigenvalue weighted by atomic mass is 10.2. The zero-order chi connectivity index (χ0) is 11.5. The molecular weight excluding hydrogens is 214 g/mol. The van der Waals surface area contributed by atoms with E-state index in [9.17, 15) is 0 Å². The number of nitrogens with one attached hydrogen (secondary N) is 1. The fraction of sp³-hybridized carbons (Fsp3) is 0.462. The average molecular weight is 232 g/mol. The molecule has 91 valence electrons. The van der Waals surface area contributed by atoms with E-state index in [4.69, 9.17) is 4.74 Å². The number of nitrogens with zero attached hydrogens (tertiary/aromatic N) is 2. The molecule has 1 aromatic rings. The molecular formula is C13H18N3O. The summed E-state index contributed by atoms with van der Waals surface area (Å²) in [5.41, 5.74) is 2.48. The lowest BCUT2D eigenvalue weighted by Crippen LogP contribution is -2.40. The molecule has 2 aliphatic rings. The number of ether oxygens (including phenoxy) is 1. The standard InChI is InChI=1S/C13H18N3O/c1-2-4-13-12(3-1)14-11-16(13)6-5-15-7-9-17-10-8-15/h1-4,11,14H,5-10H2. The van der Waals surface area contributed by atoms with Gasteiger partial charge in [0.05, 0.1) is 24.6 Å². The molecule has 0 saturated carbocycles. The van der Waals surface area contributed by atoms with Crippen molar-refractivity contribution in [2.75, 3.05) is 49.6 Å². The molecule has 1 aromatic carbocycles. The van der Waals surface area contributed by atoms with Crippen LogP contribution >= 0.6 is 0 Å². The molecule has 4 nitrogen and oxygen atoms in total. The molecule has 0 spiro atoms. The van der Waals surface area contributed by atoms with Gasteiger partial charge in [-0.1, -0.05) is 12.1 Å². The van der Waals surface area contributed by atoms with Gasteiger partial charge in [0.2, 0.25) is 0 Å². The second kappa shape index (κ2) is 4.94. The van der Waals surface area contributed by atoms with Crippen LogP contribution in [-0.2, 0) is 4.74 Å². The molecule has 4 heteroatoms. The summed E-state index contributed by atoms with van der Waals surface area (Å²) < 4.78 is 5.35. The summed E-state index contributed by atoms with van der Waals surface area (Å²) in [6.07, 6.45) is 0. The molecule has 0 atom stereocenters. The van der Waals surface area contributed by atoms with E-state index in [1.54, 1.807) is 0 Å². The Morgan fingerprint density at radius 1 is 1.12 bits per heavy atom. The minimum Gasteiger partial charge on any atom is -0.379 e. The molecule has 1 radical (unpaired) electrons. The van der Waals surface area contributed by atoms with E-state index in [1.165, 1.54) is 11.4 Å². The van der Waals surface area contributed by atoms with Crippen LogP contribution < -0.4 is 10.2 Å². The minimum absolute atomic E-state index is 0.874. The molecule has 2 heterocycles. The zero-order valence-electron chi connectivity index (χ0n) is 9.93. The van der Waals surface area contributed by atoms with Gasteiger partial charge in [0.15, 0.2) is 0 Å². The Morgan fingerprint density at radius 3 is 2.82 bits per heavy atom. The van der Waals surface area contributed by atoms with E-state index in [1.807, 2.05) is 0 Å². The fourth-order valence-corrected chi connectivity index (χ4v) is 2.32. The van der Waals surface area contributed by atoms with Crippen molar-refractivity contribution in [3.63, 3.8) is 0 Å². The lowest BCUT2D eigenvalue weighted by Gasteiger charge is -2.28. The third-order valence-corrected chi connectivity index (χ3v) is 3.35.